The first-order valence-corrected chi connectivity index (χ1v) is 11.4. The van der Waals surface area contributed by atoms with Crippen LogP contribution in [0.25, 0.3) is 0 Å². The molecular formula is C26H38O3. The van der Waals surface area contributed by atoms with Crippen molar-refractivity contribution in [3.63, 3.8) is 0 Å². The topological polar surface area (TPSA) is 43.4 Å². The number of allylic oxidation sites excluding steroid dienone is 3. The van der Waals surface area contributed by atoms with Gasteiger partial charge < -0.3 is 4.74 Å². The lowest BCUT2D eigenvalue weighted by Crippen LogP contribution is -2.57. The third kappa shape index (κ3) is 2.75. The Bertz CT molecular complexity index is 825. The fourth-order valence-corrected chi connectivity index (χ4v) is 7.15. The molecule has 4 atom stereocenters. The highest BCUT2D eigenvalue weighted by Crippen LogP contribution is 2.61. The summed E-state index contributed by atoms with van der Waals surface area (Å²) in [7, 11) is 0. The van der Waals surface area contributed by atoms with Crippen LogP contribution < -0.4 is 0 Å². The maximum Gasteiger partial charge on any atom is 0.175 e. The van der Waals surface area contributed by atoms with Gasteiger partial charge in [-0.3, -0.25) is 9.59 Å². The van der Waals surface area contributed by atoms with Gasteiger partial charge in [-0.25, -0.2) is 0 Å². The molecule has 4 rings (SSSR count). The maximum absolute atomic E-state index is 13.4. The van der Waals surface area contributed by atoms with Crippen LogP contribution in [0.3, 0.4) is 0 Å². The summed E-state index contributed by atoms with van der Waals surface area (Å²) in [6.07, 6.45) is 6.37. The number of ketones is 2. The first-order valence-electron chi connectivity index (χ1n) is 11.4. The largest absolute Gasteiger partial charge is 0.490 e. The lowest BCUT2D eigenvalue weighted by molar-refractivity contribution is -0.156. The van der Waals surface area contributed by atoms with Crippen LogP contribution >= 0.6 is 0 Å². The third-order valence-electron chi connectivity index (χ3n) is 8.98. The van der Waals surface area contributed by atoms with Crippen molar-refractivity contribution in [1.29, 1.82) is 0 Å². The average molecular weight is 399 g/mol. The van der Waals surface area contributed by atoms with Crippen LogP contribution in [0.5, 0.6) is 0 Å². The lowest BCUT2D eigenvalue weighted by atomic mass is 9.54. The van der Waals surface area contributed by atoms with E-state index in [0.29, 0.717) is 23.0 Å². The summed E-state index contributed by atoms with van der Waals surface area (Å²) in [5, 5.41) is 0. The first-order chi connectivity index (χ1) is 13.2. The molecule has 3 nitrogen and oxygen atoms in total. The van der Waals surface area contributed by atoms with E-state index in [1.807, 2.05) is 13.8 Å². The molecule has 0 N–H and O–H groups in total. The summed E-state index contributed by atoms with van der Waals surface area (Å²) >= 11 is 0. The van der Waals surface area contributed by atoms with E-state index in [4.69, 9.17) is 4.74 Å². The van der Waals surface area contributed by atoms with Crippen molar-refractivity contribution in [1.82, 2.24) is 0 Å². The molecule has 1 unspecified atom stereocenters. The summed E-state index contributed by atoms with van der Waals surface area (Å²) in [5.74, 6) is 1.84. The van der Waals surface area contributed by atoms with Crippen LogP contribution in [0.1, 0.15) is 87.0 Å². The Morgan fingerprint density at radius 2 is 1.59 bits per heavy atom. The van der Waals surface area contributed by atoms with Crippen LogP contribution in [0.2, 0.25) is 0 Å². The molecule has 1 aliphatic heterocycles. The molecule has 0 radical (unpaired) electrons. The second-order valence-electron chi connectivity index (χ2n) is 12.1. The molecule has 160 valence electrons. The number of hydrogen-bond acceptors (Lipinski definition) is 3. The third-order valence-corrected chi connectivity index (χ3v) is 8.98. The summed E-state index contributed by atoms with van der Waals surface area (Å²) in [5.41, 5.74) is 0.356. The van der Waals surface area contributed by atoms with Crippen molar-refractivity contribution >= 4 is 11.6 Å². The van der Waals surface area contributed by atoms with Gasteiger partial charge in [-0.2, -0.15) is 0 Å². The summed E-state index contributed by atoms with van der Waals surface area (Å²) in [6.45, 7) is 19.0. The van der Waals surface area contributed by atoms with Gasteiger partial charge in [0.25, 0.3) is 0 Å². The molecule has 3 heteroatoms. The van der Waals surface area contributed by atoms with E-state index in [2.05, 4.69) is 27.4 Å². The normalized spacial score (nSPS) is 40.4. The van der Waals surface area contributed by atoms with Crippen LogP contribution in [0.15, 0.2) is 23.5 Å². The Balaban J connectivity index is 1.82. The minimum atomic E-state index is -0.979. The lowest BCUT2D eigenvalue weighted by Gasteiger charge is -2.56. The summed E-state index contributed by atoms with van der Waals surface area (Å²) in [4.78, 5) is 26.6. The Kier molecular flexibility index (Phi) is 4.37. The van der Waals surface area contributed by atoms with Gasteiger partial charge in [0, 0.05) is 11.5 Å². The molecular weight excluding hydrogens is 360 g/mol. The molecule has 4 aliphatic rings. The second kappa shape index (κ2) is 6.08. The van der Waals surface area contributed by atoms with Gasteiger partial charge in [0.2, 0.25) is 0 Å². The van der Waals surface area contributed by atoms with Crippen LogP contribution in [0.4, 0.5) is 0 Å². The zero-order valence-electron chi connectivity index (χ0n) is 19.4. The van der Waals surface area contributed by atoms with Crippen LogP contribution in [0, 0.1) is 34.0 Å². The van der Waals surface area contributed by atoms with E-state index in [1.54, 1.807) is 13.8 Å². The number of carbonyl (C=O) groups excluding carboxylic acids is 2. The van der Waals surface area contributed by atoms with Gasteiger partial charge in [-0.15, -0.1) is 0 Å². The summed E-state index contributed by atoms with van der Waals surface area (Å²) < 4.78 is 6.73. The fraction of sp³-hybridized carbons (Fsp3) is 0.769. The summed E-state index contributed by atoms with van der Waals surface area (Å²) in [6, 6.07) is 0. The molecule has 0 aromatic carbocycles. The highest BCUT2D eigenvalue weighted by molar-refractivity contribution is 6.19. The number of fused-ring (bicyclic) bond motifs is 1. The number of hydrogen-bond donors (Lipinski definition) is 0. The van der Waals surface area contributed by atoms with Crippen molar-refractivity contribution in [2.24, 2.45) is 34.0 Å². The van der Waals surface area contributed by atoms with Gasteiger partial charge in [0.15, 0.2) is 11.6 Å². The van der Waals surface area contributed by atoms with Crippen molar-refractivity contribution in [3.8, 4) is 0 Å². The van der Waals surface area contributed by atoms with E-state index in [0.717, 1.165) is 24.8 Å². The standard InChI is InChI=1S/C26H38O3/c1-15-11-13-26(8)18(19(15)17-10-9-12-23(17,2)3)14-16-20(27)24(4,5)22(28)25(6,7)21(16)29-26/h17-19H,1,9-14H2,2-8H3/t17?,18-,19-,26+/m1/s1. The first kappa shape index (κ1) is 20.9. The molecule has 0 bridgehead atoms. The maximum atomic E-state index is 13.4. The minimum absolute atomic E-state index is 0.0236. The Morgan fingerprint density at radius 1 is 0.931 bits per heavy atom. The predicted molar refractivity (Wildman–Crippen MR) is 115 cm³/mol. The highest BCUT2D eigenvalue weighted by atomic mass is 16.5. The second-order valence-corrected chi connectivity index (χ2v) is 12.1. The SMILES string of the molecule is C=C1CC[C@]2(C)OC3=C(C[C@@H]2[C@H]1C1CCCC1(C)C)C(=O)C(C)(C)C(=O)C3(C)C. The van der Waals surface area contributed by atoms with Gasteiger partial charge in [-0.1, -0.05) is 32.4 Å². The molecule has 0 spiro atoms. The van der Waals surface area contributed by atoms with Gasteiger partial charge >= 0.3 is 0 Å². The molecule has 3 aliphatic carbocycles. The van der Waals surface area contributed by atoms with Crippen molar-refractivity contribution in [2.75, 3.05) is 0 Å². The zero-order valence-corrected chi connectivity index (χ0v) is 19.4. The van der Waals surface area contributed by atoms with Crippen LogP contribution in [-0.4, -0.2) is 17.2 Å². The molecule has 0 amide bonds. The molecule has 1 heterocycles. The van der Waals surface area contributed by atoms with E-state index < -0.39 is 10.8 Å². The number of rotatable bonds is 1. The van der Waals surface area contributed by atoms with Gasteiger partial charge in [0.05, 0.1) is 10.8 Å². The number of Topliss-reactive ketones (excluding diaryl/α,β-unsaturated/α-hetero) is 2. The van der Waals surface area contributed by atoms with Crippen molar-refractivity contribution in [3.05, 3.63) is 23.5 Å². The Morgan fingerprint density at radius 3 is 2.17 bits per heavy atom. The van der Waals surface area contributed by atoms with E-state index in [1.165, 1.54) is 24.8 Å². The number of carbonyl (C=O) groups is 2. The average Bonchev–Trinajstić information content (AvgIpc) is 2.97. The molecule has 0 aromatic heterocycles. The zero-order chi connectivity index (χ0) is 21.6. The molecule has 29 heavy (non-hydrogen) atoms. The van der Waals surface area contributed by atoms with Gasteiger partial charge in [-0.05, 0) is 84.0 Å². The highest BCUT2D eigenvalue weighted by Gasteiger charge is 2.61. The van der Waals surface area contributed by atoms with E-state index in [-0.39, 0.29) is 23.1 Å². The predicted octanol–water partition coefficient (Wildman–Crippen LogP) is 6.03. The Labute approximate surface area is 176 Å². The smallest absolute Gasteiger partial charge is 0.175 e. The van der Waals surface area contributed by atoms with Crippen molar-refractivity contribution in [2.45, 2.75) is 92.6 Å². The van der Waals surface area contributed by atoms with Gasteiger partial charge in [0.1, 0.15) is 11.4 Å². The fourth-order valence-electron chi connectivity index (χ4n) is 7.15. The quantitative estimate of drug-likeness (QED) is 0.400. The van der Waals surface area contributed by atoms with E-state index in [9.17, 15) is 9.59 Å². The monoisotopic (exact) mass is 398 g/mol. The molecule has 2 saturated carbocycles. The van der Waals surface area contributed by atoms with Crippen molar-refractivity contribution < 1.29 is 14.3 Å². The van der Waals surface area contributed by atoms with E-state index >= 15 is 0 Å². The molecule has 2 fully saturated rings. The minimum Gasteiger partial charge on any atom is -0.490 e. The van der Waals surface area contributed by atoms with Crippen LogP contribution in [-0.2, 0) is 14.3 Å². The Hall–Kier alpha value is -1.38. The molecule has 0 saturated heterocycles. The molecule has 0 aromatic rings. The number of ether oxygens (including phenoxy) is 1.